The van der Waals surface area contributed by atoms with Crippen LogP contribution in [0.25, 0.3) is 0 Å². The van der Waals surface area contributed by atoms with Crippen molar-refractivity contribution in [2.24, 2.45) is 0 Å². The summed E-state index contributed by atoms with van der Waals surface area (Å²) in [5.41, 5.74) is 0. The Kier molecular flexibility index (Phi) is 25.1. The van der Waals surface area contributed by atoms with Gasteiger partial charge in [0.25, 0.3) is 0 Å². The van der Waals surface area contributed by atoms with Crippen LogP contribution in [0.1, 0.15) is 2.85 Å². The first-order valence-corrected chi connectivity index (χ1v) is 1.93. The fourth-order valence-electron chi connectivity index (χ4n) is 0. The van der Waals surface area contributed by atoms with E-state index in [1.54, 1.807) is 0 Å². The third kappa shape index (κ3) is 18.0. The van der Waals surface area contributed by atoms with Crippen molar-refractivity contribution in [2.45, 2.75) is 0 Å². The van der Waals surface area contributed by atoms with Crippen LogP contribution in [0.5, 0.6) is 0 Å². The molecule has 0 aliphatic rings. The van der Waals surface area contributed by atoms with Gasteiger partial charge in [-0.1, -0.05) is 0 Å². The van der Waals surface area contributed by atoms with E-state index >= 15 is 0 Å². The molecule has 0 spiro atoms. The van der Waals surface area contributed by atoms with Gasteiger partial charge in [0.05, 0.1) is 0 Å². The average molecular weight is 170 g/mol. The predicted molar refractivity (Wildman–Crippen MR) is 33.0 cm³/mol. The zero-order valence-electron chi connectivity index (χ0n) is 4.90. The summed E-state index contributed by atoms with van der Waals surface area (Å²) in [5, 5.41) is 7.17. The van der Waals surface area contributed by atoms with E-state index in [-0.39, 0.29) is 58.0 Å². The van der Waals surface area contributed by atoms with E-state index in [1.165, 1.54) is 0 Å². The Hall–Kier alpha value is 2.06. The molecular formula is H8AlCaO4P. The summed E-state index contributed by atoms with van der Waals surface area (Å²) < 4.78 is 2.93. The van der Waals surface area contributed by atoms with Crippen LogP contribution in [0.4, 0.5) is 0 Å². The van der Waals surface area contributed by atoms with Crippen molar-refractivity contribution in [1.29, 1.82) is 0 Å². The summed E-state index contributed by atoms with van der Waals surface area (Å²) in [6.45, 7) is 0. The van der Waals surface area contributed by atoms with Crippen molar-refractivity contribution in [2.75, 3.05) is 0 Å². The minimum absolute atomic E-state index is 0. The summed E-state index contributed by atoms with van der Waals surface area (Å²) in [6, 6.07) is 0. The molecule has 42 valence electrons. The summed E-state index contributed by atoms with van der Waals surface area (Å²) in [4.78, 5) is 15.0. The second-order valence-electron chi connectivity index (χ2n) is 0.334. The Morgan fingerprint density at radius 1 is 1.43 bits per heavy atom. The Balaban J connectivity index is -0.0000000133. The molecule has 0 saturated heterocycles. The topological polar surface area (TPSA) is 69.9 Å². The average Bonchev–Trinajstić information content (AvgIpc) is 1.38. The molecule has 3 N–H and O–H groups in total. The molecule has 0 rings (SSSR count). The third-order valence-electron chi connectivity index (χ3n) is 0.0730. The van der Waals surface area contributed by atoms with Gasteiger partial charge in [-0.15, -0.1) is 0 Å². The van der Waals surface area contributed by atoms with Gasteiger partial charge >= 0.3 is 46.3 Å². The number of hydrogen-bond acceptors (Lipinski definition) is 4. The van der Waals surface area contributed by atoms with Crippen LogP contribution < -0.4 is 0 Å². The molecule has 7 heteroatoms. The molecule has 0 heterocycles. The van der Waals surface area contributed by atoms with E-state index in [9.17, 15) is 0 Å². The van der Waals surface area contributed by atoms with Crippen LogP contribution in [0.3, 0.4) is 0 Å². The van der Waals surface area contributed by atoms with E-state index in [2.05, 4.69) is 4.67 Å². The van der Waals surface area contributed by atoms with Gasteiger partial charge in [-0.3, -0.25) is 0 Å². The van der Waals surface area contributed by atoms with Gasteiger partial charge in [0, 0.05) is 0 Å². The Morgan fingerprint density at radius 2 is 1.57 bits per heavy atom. The van der Waals surface area contributed by atoms with Crippen LogP contribution in [0.2, 0.25) is 0 Å². The van der Waals surface area contributed by atoms with Crippen LogP contribution >= 0.6 is 8.60 Å². The Morgan fingerprint density at radius 3 is 1.57 bits per heavy atom. The monoisotopic (exact) mass is 170 g/mol. The van der Waals surface area contributed by atoms with Crippen molar-refractivity contribution in [3.05, 3.63) is 0 Å². The predicted octanol–water partition coefficient (Wildman–Crippen LogP) is -1.65. The first-order chi connectivity index (χ1) is 2.27. The van der Waals surface area contributed by atoms with Crippen LogP contribution in [-0.2, 0) is 4.67 Å². The molecule has 0 aliphatic heterocycles. The van der Waals surface area contributed by atoms with Crippen molar-refractivity contribution in [1.82, 2.24) is 0 Å². The second-order valence-corrected chi connectivity index (χ2v) is 1.00. The molecule has 0 atom stereocenters. The molecule has 0 unspecified atom stereocenters. The van der Waals surface area contributed by atoms with E-state index in [4.69, 9.17) is 15.0 Å². The van der Waals surface area contributed by atoms with E-state index in [1.807, 2.05) is 0 Å². The summed E-state index contributed by atoms with van der Waals surface area (Å²) in [6.07, 6.45) is 0. The molecular weight excluding hydrogens is 162 g/mol. The van der Waals surface area contributed by atoms with Gasteiger partial charge in [0.1, 0.15) is 0 Å². The third-order valence-corrected chi connectivity index (χ3v) is 0.219. The van der Waals surface area contributed by atoms with Crippen molar-refractivity contribution < 1.29 is 22.6 Å². The normalized spacial score (nSPS) is 6.86. The molecule has 7 heavy (non-hydrogen) atoms. The van der Waals surface area contributed by atoms with Crippen molar-refractivity contribution in [3.63, 3.8) is 0 Å². The Bertz CT molecular complexity index is 32.5. The summed E-state index contributed by atoms with van der Waals surface area (Å²) >= 11 is 0. The fourth-order valence-corrected chi connectivity index (χ4v) is 0. The quantitative estimate of drug-likeness (QED) is 0.191. The standard InChI is InChI=1S/Al.Ca.H3O4P.5H/c;;1-4-5(2)3;;;;;/h;;1-3H;;;;;/q;+2;;;;;2*-1. The molecule has 0 bridgehead atoms. The smallest absolute Gasteiger partial charge is 1.00 e. The summed E-state index contributed by atoms with van der Waals surface area (Å²) in [5.74, 6) is 0. The first kappa shape index (κ1) is 16.0. The Labute approximate surface area is 85.5 Å². The minimum atomic E-state index is -2.54. The van der Waals surface area contributed by atoms with Gasteiger partial charge in [0.2, 0.25) is 0 Å². The van der Waals surface area contributed by atoms with E-state index in [0.717, 1.165) is 0 Å². The van der Waals surface area contributed by atoms with E-state index < -0.39 is 8.60 Å². The zero-order valence-corrected chi connectivity index (χ0v) is 6.01. The SMILES string of the molecule is OOP(O)O.[AlH3].[Ca+2].[H-].[H-]. The van der Waals surface area contributed by atoms with Crippen molar-refractivity contribution in [3.8, 4) is 0 Å². The fraction of sp³-hybridized carbons (Fsp3) is 0. The maximum Gasteiger partial charge on any atom is 2.00 e. The summed E-state index contributed by atoms with van der Waals surface area (Å²) in [7, 11) is -2.54. The molecule has 0 fully saturated rings. The zero-order chi connectivity index (χ0) is 4.28. The minimum Gasteiger partial charge on any atom is -1.00 e. The maximum absolute atomic E-state index is 7.51. The molecule has 0 aromatic heterocycles. The van der Waals surface area contributed by atoms with Crippen LogP contribution in [0, 0.1) is 0 Å². The molecule has 0 aliphatic carbocycles. The second kappa shape index (κ2) is 10.9. The van der Waals surface area contributed by atoms with Crippen LogP contribution in [-0.4, -0.2) is 70.1 Å². The van der Waals surface area contributed by atoms with Gasteiger partial charge in [-0.05, 0) is 0 Å². The van der Waals surface area contributed by atoms with Gasteiger partial charge in [-0.25, -0.2) is 5.26 Å². The maximum atomic E-state index is 7.51. The van der Waals surface area contributed by atoms with Gasteiger partial charge in [0.15, 0.2) is 17.4 Å². The molecule has 0 aromatic carbocycles. The molecule has 0 radical (unpaired) electrons. The largest absolute Gasteiger partial charge is 2.00 e. The number of hydrogen-bond donors (Lipinski definition) is 3. The molecule has 0 aromatic rings. The number of rotatable bonds is 1. The van der Waals surface area contributed by atoms with Gasteiger partial charge < -0.3 is 12.6 Å². The molecule has 0 amide bonds. The van der Waals surface area contributed by atoms with Crippen LogP contribution in [0.15, 0.2) is 0 Å². The van der Waals surface area contributed by atoms with Crippen molar-refractivity contribution >= 4 is 63.7 Å². The molecule has 4 nitrogen and oxygen atoms in total. The van der Waals surface area contributed by atoms with E-state index in [0.29, 0.717) is 0 Å². The first-order valence-electron chi connectivity index (χ1n) is 0.765. The van der Waals surface area contributed by atoms with Gasteiger partial charge in [-0.2, -0.15) is 4.67 Å². The molecule has 0 saturated carbocycles.